The van der Waals surface area contributed by atoms with Crippen molar-refractivity contribution < 1.29 is 0 Å². The number of hydrogen-bond donors (Lipinski definition) is 0. The van der Waals surface area contributed by atoms with Crippen LogP contribution in [0.1, 0.15) is 0 Å². The summed E-state index contributed by atoms with van der Waals surface area (Å²) in [5.41, 5.74) is 1.05. The van der Waals surface area contributed by atoms with E-state index in [0.717, 1.165) is 5.49 Å². The minimum absolute atomic E-state index is 0. The van der Waals surface area contributed by atoms with Gasteiger partial charge in [0.25, 0.3) is 0 Å². The molecule has 0 atom stereocenters. The molecule has 0 radical (unpaired) electrons. The Balaban J connectivity index is 0.00000225. The van der Waals surface area contributed by atoms with Crippen molar-refractivity contribution in [1.29, 1.82) is 0 Å². The molecule has 0 heterocycles. The molecule has 140 valence electrons. The first-order valence-corrected chi connectivity index (χ1v) is 12.1. The van der Waals surface area contributed by atoms with E-state index in [0.29, 0.717) is 0 Å². The molecule has 0 fully saturated rings. The zero-order chi connectivity index (χ0) is 18.4. The summed E-state index contributed by atoms with van der Waals surface area (Å²) in [6, 6.07) is 43.9. The average Bonchev–Trinajstić information content (AvgIpc) is 2.77. The molecule has 4 aromatic rings. The Morgan fingerprint density at radius 1 is 0.464 bits per heavy atom. The summed E-state index contributed by atoms with van der Waals surface area (Å²) in [5.74, 6) is 0. The summed E-state index contributed by atoms with van der Waals surface area (Å²) in [4.78, 5) is 1.32. The van der Waals surface area contributed by atoms with Gasteiger partial charge in [-0.2, -0.15) is 0 Å². The van der Waals surface area contributed by atoms with Crippen LogP contribution in [0.25, 0.3) is 0 Å². The van der Waals surface area contributed by atoms with Crippen LogP contribution in [0.2, 0.25) is 0 Å². The van der Waals surface area contributed by atoms with Crippen LogP contribution in [0.15, 0.2) is 126 Å². The highest BCUT2D eigenvalue weighted by molar-refractivity contribution is 8.13. The lowest BCUT2D eigenvalue weighted by atomic mass is 10.4. The van der Waals surface area contributed by atoms with E-state index in [4.69, 9.17) is 0 Å². The van der Waals surface area contributed by atoms with E-state index in [9.17, 15) is 0 Å². The van der Waals surface area contributed by atoms with E-state index in [-0.39, 0.29) is 12.4 Å². The van der Waals surface area contributed by atoms with E-state index >= 15 is 0 Å². The largest absolute Gasteiger partial charge is 0.147 e. The SMILES string of the molecule is Cl.c1ccc(SC[P+](c2ccccc2)(c2ccccc2)c2ccccc2)cc1. The highest BCUT2D eigenvalue weighted by Crippen LogP contribution is 2.58. The van der Waals surface area contributed by atoms with Crippen LogP contribution in [0, 0.1) is 0 Å². The van der Waals surface area contributed by atoms with E-state index in [1.807, 2.05) is 11.8 Å². The smallest absolute Gasteiger partial charge is 0.123 e. The zero-order valence-electron chi connectivity index (χ0n) is 15.5. The molecule has 0 aliphatic heterocycles. The van der Waals surface area contributed by atoms with Crippen molar-refractivity contribution in [3.63, 3.8) is 0 Å². The molecule has 0 nitrogen and oxygen atoms in total. The van der Waals surface area contributed by atoms with Gasteiger partial charge in [-0.05, 0) is 48.5 Å². The van der Waals surface area contributed by atoms with Crippen LogP contribution in [-0.2, 0) is 0 Å². The standard InChI is InChI=1S/C25H22PS.ClH/c1-5-13-22(14-6-1)26(23-15-7-2-8-16-23,24-17-9-3-10-18-24)21-27-25-19-11-4-12-20-25;/h1-20H,21H2;1H/q+1;. The molecule has 0 N–H and O–H groups in total. The van der Waals surface area contributed by atoms with Crippen LogP contribution in [-0.4, -0.2) is 5.49 Å². The molecule has 3 heteroatoms. The van der Waals surface area contributed by atoms with Gasteiger partial charge >= 0.3 is 0 Å². The first kappa shape index (κ1) is 20.7. The van der Waals surface area contributed by atoms with Crippen LogP contribution < -0.4 is 15.9 Å². The lowest BCUT2D eigenvalue weighted by Crippen LogP contribution is -2.32. The second-order valence-electron chi connectivity index (χ2n) is 6.40. The van der Waals surface area contributed by atoms with Gasteiger partial charge in [-0.15, -0.1) is 12.4 Å². The molecular weight excluding hydrogens is 399 g/mol. The van der Waals surface area contributed by atoms with Gasteiger partial charge in [0, 0.05) is 4.90 Å². The number of halogens is 1. The lowest BCUT2D eigenvalue weighted by Gasteiger charge is -2.27. The third-order valence-corrected chi connectivity index (χ3v) is 11.0. The fraction of sp³-hybridized carbons (Fsp3) is 0.0400. The van der Waals surface area contributed by atoms with Gasteiger partial charge in [-0.1, -0.05) is 84.6 Å². The predicted octanol–water partition coefficient (Wildman–Crippen LogP) is 6.15. The number of hydrogen-bond acceptors (Lipinski definition) is 1. The van der Waals surface area contributed by atoms with Gasteiger partial charge < -0.3 is 0 Å². The van der Waals surface area contributed by atoms with Gasteiger partial charge in [0.1, 0.15) is 28.7 Å². The summed E-state index contributed by atoms with van der Waals surface area (Å²) in [6.07, 6.45) is 0. The molecule has 0 amide bonds. The van der Waals surface area contributed by atoms with Crippen LogP contribution in [0.3, 0.4) is 0 Å². The lowest BCUT2D eigenvalue weighted by molar-refractivity contribution is 1.47. The van der Waals surface area contributed by atoms with Gasteiger partial charge in [-0.25, -0.2) is 0 Å². The Bertz CT molecular complexity index is 864. The molecule has 0 unspecified atom stereocenters. The summed E-state index contributed by atoms with van der Waals surface area (Å²) in [7, 11) is -1.76. The van der Waals surface area contributed by atoms with Crippen molar-refractivity contribution in [1.82, 2.24) is 0 Å². The molecule has 0 bridgehead atoms. The van der Waals surface area contributed by atoms with E-state index in [2.05, 4.69) is 121 Å². The van der Waals surface area contributed by atoms with Crippen molar-refractivity contribution in [3.8, 4) is 0 Å². The maximum absolute atomic E-state index is 2.30. The second kappa shape index (κ2) is 9.94. The first-order chi connectivity index (χ1) is 13.4. The monoisotopic (exact) mass is 421 g/mol. The molecule has 0 aliphatic carbocycles. The van der Waals surface area contributed by atoms with Gasteiger partial charge in [0.15, 0.2) is 0 Å². The fourth-order valence-corrected chi connectivity index (χ4v) is 9.85. The number of rotatable bonds is 6. The van der Waals surface area contributed by atoms with Crippen molar-refractivity contribution in [2.75, 3.05) is 5.49 Å². The van der Waals surface area contributed by atoms with Gasteiger partial charge in [0.05, 0.1) is 0 Å². The molecule has 4 aromatic carbocycles. The van der Waals surface area contributed by atoms with Crippen molar-refractivity contribution >= 4 is 47.3 Å². The quantitative estimate of drug-likeness (QED) is 0.265. The molecule has 4 rings (SSSR count). The van der Waals surface area contributed by atoms with E-state index in [1.165, 1.54) is 20.8 Å². The topological polar surface area (TPSA) is 0 Å². The van der Waals surface area contributed by atoms with Crippen LogP contribution >= 0.6 is 31.4 Å². The van der Waals surface area contributed by atoms with E-state index < -0.39 is 7.26 Å². The van der Waals surface area contributed by atoms with Crippen LogP contribution in [0.4, 0.5) is 0 Å². The predicted molar refractivity (Wildman–Crippen MR) is 130 cm³/mol. The fourth-order valence-electron chi connectivity index (χ4n) is 3.41. The Hall–Kier alpha value is -2.05. The molecule has 0 saturated carbocycles. The number of benzene rings is 4. The molecule has 0 aliphatic rings. The maximum Gasteiger partial charge on any atom is 0.123 e. The Labute approximate surface area is 178 Å². The molecule has 28 heavy (non-hydrogen) atoms. The minimum Gasteiger partial charge on any atom is -0.147 e. The van der Waals surface area contributed by atoms with Crippen molar-refractivity contribution in [3.05, 3.63) is 121 Å². The summed E-state index contributed by atoms with van der Waals surface area (Å²) in [6.45, 7) is 0. The summed E-state index contributed by atoms with van der Waals surface area (Å²) < 4.78 is 0. The van der Waals surface area contributed by atoms with Crippen LogP contribution in [0.5, 0.6) is 0 Å². The average molecular weight is 422 g/mol. The third kappa shape index (κ3) is 4.33. The number of thioether (sulfide) groups is 1. The van der Waals surface area contributed by atoms with Gasteiger partial charge in [-0.3, -0.25) is 0 Å². The highest BCUT2D eigenvalue weighted by atomic mass is 35.5. The zero-order valence-corrected chi connectivity index (χ0v) is 18.0. The second-order valence-corrected chi connectivity index (χ2v) is 11.4. The Kier molecular flexibility index (Phi) is 7.34. The first-order valence-electron chi connectivity index (χ1n) is 9.12. The maximum atomic E-state index is 2.30. The van der Waals surface area contributed by atoms with Crippen molar-refractivity contribution in [2.45, 2.75) is 4.90 Å². The van der Waals surface area contributed by atoms with Gasteiger partial charge in [0.2, 0.25) is 0 Å². The van der Waals surface area contributed by atoms with Crippen molar-refractivity contribution in [2.24, 2.45) is 0 Å². The Morgan fingerprint density at radius 2 is 0.786 bits per heavy atom. The Morgan fingerprint density at radius 3 is 1.14 bits per heavy atom. The molecule has 0 aromatic heterocycles. The summed E-state index contributed by atoms with van der Waals surface area (Å²) in [5, 5.41) is 4.31. The molecular formula is C25H23ClPS+. The molecule has 0 spiro atoms. The summed E-state index contributed by atoms with van der Waals surface area (Å²) >= 11 is 1.96. The highest BCUT2D eigenvalue weighted by Gasteiger charge is 2.45. The molecule has 0 saturated heterocycles. The minimum atomic E-state index is -1.76. The normalized spacial score (nSPS) is 10.9. The third-order valence-electron chi connectivity index (χ3n) is 4.76. The van der Waals surface area contributed by atoms with E-state index in [1.54, 1.807) is 0 Å².